The molecule has 27 heteroatoms. The molecule has 2 aliphatic carbocycles. The first kappa shape index (κ1) is 37.5. The summed E-state index contributed by atoms with van der Waals surface area (Å²) in [6.45, 7) is 0. The fourth-order valence-corrected chi connectivity index (χ4v) is 10.5. The van der Waals surface area contributed by atoms with Gasteiger partial charge in [0, 0.05) is 22.5 Å². The Kier molecular flexibility index (Phi) is 7.59. The first-order valence-electron chi connectivity index (χ1n) is 16.9. The van der Waals surface area contributed by atoms with E-state index in [1.165, 1.54) is 68.1 Å². The molecule has 8 N–H and O–H groups in total. The van der Waals surface area contributed by atoms with Crippen LogP contribution in [0.4, 0.5) is 27.5 Å². The van der Waals surface area contributed by atoms with Crippen LogP contribution >= 0.6 is 0 Å². The molecule has 10 rings (SSSR count). The number of rotatable bonds is 8. The molecule has 0 unspecified atom stereocenters. The quantitative estimate of drug-likeness (QED) is 0.0803. The fourth-order valence-electron chi connectivity index (χ4n) is 7.65. The molecule has 304 valence electrons. The second kappa shape index (κ2) is 12.1. The summed E-state index contributed by atoms with van der Waals surface area (Å²) in [5.74, 6) is 0. The Hall–Kier alpha value is -6.77. The van der Waals surface area contributed by atoms with Gasteiger partial charge < -0.3 is 10.6 Å². The number of allylic oxidation sites excluding steroid dienone is 2. The third-order valence-electron chi connectivity index (χ3n) is 9.99. The molecule has 60 heavy (non-hydrogen) atoms. The molecule has 0 radical (unpaired) electrons. The molecule has 23 nitrogen and oxygen atoms in total. The molecule has 4 aliphatic rings. The maximum absolute atomic E-state index is 13.2. The minimum Gasteiger partial charge on any atom is -0.308 e. The van der Waals surface area contributed by atoms with Crippen molar-refractivity contribution in [3.8, 4) is 0 Å². The van der Waals surface area contributed by atoms with Crippen LogP contribution in [0.2, 0.25) is 0 Å². The molecule has 2 aliphatic heterocycles. The first-order valence-corrected chi connectivity index (χ1v) is 22.6. The van der Waals surface area contributed by atoms with Crippen molar-refractivity contribution in [1.82, 2.24) is 19.8 Å². The number of amides is 2. The van der Waals surface area contributed by atoms with E-state index in [1.54, 1.807) is 0 Å². The normalized spacial score (nSPS) is 15.3. The van der Waals surface area contributed by atoms with Crippen LogP contribution in [0, 0.1) is 12.2 Å². The van der Waals surface area contributed by atoms with Gasteiger partial charge >= 0.3 is 17.4 Å². The van der Waals surface area contributed by atoms with Crippen molar-refractivity contribution < 1.29 is 56.7 Å². The van der Waals surface area contributed by atoms with Crippen LogP contribution in [0.25, 0.3) is 33.2 Å². The van der Waals surface area contributed by atoms with Crippen LogP contribution in [0.5, 0.6) is 0 Å². The summed E-state index contributed by atoms with van der Waals surface area (Å²) in [7, 11) is -19.2. The van der Waals surface area contributed by atoms with E-state index < -0.39 is 56.3 Å². The molecule has 2 aromatic heterocycles. The van der Waals surface area contributed by atoms with E-state index in [1.807, 2.05) is 0 Å². The molecule has 0 bridgehead atoms. The summed E-state index contributed by atoms with van der Waals surface area (Å²) in [5, 5.41) is 16.7. The SMILES string of the molecule is O=C(Nc1ccc(N2Nn3nc4ccc(S(=O)(=O)O)c5c4c3C2=[C+]C5)c(S(=O)(=O)O)c1)Nc1ccc(N2Nn3nc4ccc(S(=O)(=O)O)c5c4c3C2=[C+]C5)c(S(=O)(=O)O)c1. The molecule has 0 fully saturated rings. The van der Waals surface area contributed by atoms with Gasteiger partial charge in [0.1, 0.15) is 66.4 Å². The van der Waals surface area contributed by atoms with Gasteiger partial charge in [0.25, 0.3) is 51.9 Å². The fraction of sp³-hybridized carbons (Fsp3) is 0.0606. The van der Waals surface area contributed by atoms with Crippen LogP contribution in [0.15, 0.2) is 80.2 Å². The van der Waals surface area contributed by atoms with Crippen molar-refractivity contribution >= 4 is 102 Å². The minimum atomic E-state index is -5.01. The molecule has 0 saturated carbocycles. The van der Waals surface area contributed by atoms with Gasteiger partial charge in [-0.25, -0.2) is 4.79 Å². The third kappa shape index (κ3) is 5.65. The minimum absolute atomic E-state index is 0.117. The van der Waals surface area contributed by atoms with Gasteiger partial charge in [0.2, 0.25) is 0 Å². The second-order valence-electron chi connectivity index (χ2n) is 13.5. The maximum atomic E-state index is 13.2. The molecular formula is C33H22N10O13S4+2. The van der Waals surface area contributed by atoms with E-state index in [2.05, 4.69) is 44.1 Å². The van der Waals surface area contributed by atoms with Crippen molar-refractivity contribution in [2.24, 2.45) is 0 Å². The molecule has 2 amide bonds. The average molecular weight is 895 g/mol. The summed E-state index contributed by atoms with van der Waals surface area (Å²) in [5.41, 5.74) is 7.28. The van der Waals surface area contributed by atoms with E-state index in [-0.39, 0.29) is 67.9 Å². The first-order chi connectivity index (χ1) is 28.2. The number of nitrogens with zero attached hydrogens (tertiary/aromatic N) is 6. The Morgan fingerprint density at radius 2 is 0.950 bits per heavy atom. The number of urea groups is 1. The lowest BCUT2D eigenvalue weighted by atomic mass is 9.97. The smallest absolute Gasteiger partial charge is 0.308 e. The lowest BCUT2D eigenvalue weighted by Gasteiger charge is -2.20. The number of aromatic nitrogens is 4. The standard InChI is InChI=1S/C33H20N10O13S4/c44-33(34-15-1-7-21(27(13-15)59(51,52)53)40-23-9-3-17-25(57(45,46)47)11-5-19-29(17)31(23)42(36-19)38-40)35-16-2-8-22(28(14-16)60(54,55)56)41-24-10-4-18-26(58(48,49)50)12-6-20-30(18)32(24)43(37-20)39-41/h1-2,5-8,11-14,38-39H,3-4H2,(H4-2,34,35,44,45,46,47,48,49,50,51,52,53,54,55,56)/p+2. The van der Waals surface area contributed by atoms with Crippen LogP contribution in [0.1, 0.15) is 22.5 Å². The van der Waals surface area contributed by atoms with Crippen molar-refractivity contribution in [1.29, 1.82) is 0 Å². The number of carbonyl (C=O) groups excluding carboxylic acids is 1. The summed E-state index contributed by atoms with van der Waals surface area (Å²) >= 11 is 0. The highest BCUT2D eigenvalue weighted by molar-refractivity contribution is 7.86. The van der Waals surface area contributed by atoms with Crippen LogP contribution in [-0.4, -0.2) is 77.7 Å². The molecular weight excluding hydrogens is 873 g/mol. The summed E-state index contributed by atoms with van der Waals surface area (Å²) < 4.78 is 139. The third-order valence-corrected chi connectivity index (χ3v) is 13.6. The summed E-state index contributed by atoms with van der Waals surface area (Å²) in [6, 6.07) is 11.1. The predicted molar refractivity (Wildman–Crippen MR) is 209 cm³/mol. The van der Waals surface area contributed by atoms with Gasteiger partial charge in [-0.05, 0) is 60.7 Å². The number of nitrogens with one attached hydrogen (secondary N) is 4. The number of hydrogen-bond acceptors (Lipinski definition) is 15. The van der Waals surface area contributed by atoms with Crippen molar-refractivity contribution in [2.75, 3.05) is 31.7 Å². The Balaban J connectivity index is 0.919. The zero-order chi connectivity index (χ0) is 42.4. The monoisotopic (exact) mass is 894 g/mol. The number of anilines is 4. The Bertz CT molecular complexity index is 3310. The van der Waals surface area contributed by atoms with E-state index in [0.29, 0.717) is 33.2 Å². The largest absolute Gasteiger partial charge is 0.323 e. The van der Waals surface area contributed by atoms with Crippen molar-refractivity contribution in [2.45, 2.75) is 32.4 Å². The van der Waals surface area contributed by atoms with Crippen LogP contribution < -0.4 is 31.7 Å². The second-order valence-corrected chi connectivity index (χ2v) is 19.1. The Morgan fingerprint density at radius 1 is 0.567 bits per heavy atom. The van der Waals surface area contributed by atoms with Crippen molar-refractivity contribution in [3.05, 3.63) is 95.3 Å². The number of hydrogen-bond donors (Lipinski definition) is 8. The number of hydrazine groups is 2. The van der Waals surface area contributed by atoms with Gasteiger partial charge in [-0.3, -0.25) is 18.2 Å². The van der Waals surface area contributed by atoms with Crippen molar-refractivity contribution in [3.63, 3.8) is 0 Å². The van der Waals surface area contributed by atoms with Gasteiger partial charge in [-0.2, -0.15) is 54.8 Å². The zero-order valence-electron chi connectivity index (χ0n) is 29.5. The highest BCUT2D eigenvalue weighted by atomic mass is 32.2. The molecule has 4 aromatic carbocycles. The van der Waals surface area contributed by atoms with Crippen LogP contribution in [-0.2, 0) is 53.3 Å². The van der Waals surface area contributed by atoms with Gasteiger partial charge in [-0.15, -0.1) is 10.2 Å². The van der Waals surface area contributed by atoms with E-state index in [0.717, 1.165) is 12.1 Å². The predicted octanol–water partition coefficient (Wildman–Crippen LogP) is 2.37. The van der Waals surface area contributed by atoms with Gasteiger partial charge in [0.05, 0.1) is 11.4 Å². The number of carbonyl (C=O) groups is 1. The number of benzene rings is 4. The molecule has 4 heterocycles. The lowest BCUT2D eigenvalue weighted by Crippen LogP contribution is -2.30. The topological polar surface area (TPSA) is 325 Å². The molecule has 0 saturated heterocycles. The molecule has 0 spiro atoms. The highest BCUT2D eigenvalue weighted by Gasteiger charge is 2.47. The average Bonchev–Trinajstić information content (AvgIpc) is 3.91. The van der Waals surface area contributed by atoms with E-state index >= 15 is 0 Å². The lowest BCUT2D eigenvalue weighted by molar-refractivity contribution is 0.262. The maximum Gasteiger partial charge on any atom is 0.323 e. The van der Waals surface area contributed by atoms with E-state index in [4.69, 9.17) is 0 Å². The summed E-state index contributed by atoms with van der Waals surface area (Å²) in [6.07, 6.45) is 5.73. The van der Waals surface area contributed by atoms with Crippen LogP contribution in [0.3, 0.4) is 0 Å². The molecule has 0 atom stereocenters. The van der Waals surface area contributed by atoms with E-state index in [9.17, 15) is 56.7 Å². The Morgan fingerprint density at radius 3 is 1.32 bits per heavy atom. The highest BCUT2D eigenvalue weighted by Crippen LogP contribution is 2.45. The summed E-state index contributed by atoms with van der Waals surface area (Å²) in [4.78, 5) is 13.6. The zero-order valence-corrected chi connectivity index (χ0v) is 32.7. The van der Waals surface area contributed by atoms with Gasteiger partial charge in [0.15, 0.2) is 0 Å². The van der Waals surface area contributed by atoms with Gasteiger partial charge in [-0.1, -0.05) is 9.58 Å². The Labute approximate surface area is 337 Å². The molecule has 6 aromatic rings.